The second-order valence-corrected chi connectivity index (χ2v) is 4.69. The Morgan fingerprint density at radius 1 is 1.52 bits per heavy atom. The van der Waals surface area contributed by atoms with Crippen LogP contribution >= 0.6 is 0 Å². The standard InChI is InChI=1S/C14H14N4O3/c1-8-11-12(15-6-9-4-3-5-21-9)10(14(19)20)7-16-13(11)18(2)17-8/h3-5,7H,6H2,1-2H3,(H,15,16)(H,19,20). The molecule has 3 aromatic rings. The molecule has 0 aliphatic rings. The fourth-order valence-corrected chi connectivity index (χ4v) is 2.35. The van der Waals surface area contributed by atoms with Crippen LogP contribution in [0.1, 0.15) is 21.8 Å². The zero-order chi connectivity index (χ0) is 15.0. The van der Waals surface area contributed by atoms with E-state index >= 15 is 0 Å². The average Bonchev–Trinajstić information content (AvgIpc) is 3.05. The second kappa shape index (κ2) is 4.93. The monoisotopic (exact) mass is 286 g/mol. The van der Waals surface area contributed by atoms with Crippen molar-refractivity contribution in [2.24, 2.45) is 7.05 Å². The lowest BCUT2D eigenvalue weighted by Gasteiger charge is -2.10. The minimum Gasteiger partial charge on any atom is -0.478 e. The predicted molar refractivity (Wildman–Crippen MR) is 76.2 cm³/mol. The summed E-state index contributed by atoms with van der Waals surface area (Å²) in [5, 5.41) is 17.5. The van der Waals surface area contributed by atoms with Crippen molar-refractivity contribution in [3.05, 3.63) is 41.6 Å². The molecule has 0 fully saturated rings. The summed E-state index contributed by atoms with van der Waals surface area (Å²) in [5.74, 6) is -0.313. The first-order valence-corrected chi connectivity index (χ1v) is 6.39. The molecule has 0 aromatic carbocycles. The lowest BCUT2D eigenvalue weighted by molar-refractivity contribution is 0.0697. The van der Waals surface area contributed by atoms with Gasteiger partial charge in [-0.1, -0.05) is 0 Å². The maximum atomic E-state index is 11.4. The van der Waals surface area contributed by atoms with E-state index in [4.69, 9.17) is 4.42 Å². The Kier molecular flexibility index (Phi) is 3.09. The molecular formula is C14H14N4O3. The number of carbonyl (C=O) groups is 1. The minimum atomic E-state index is -1.03. The molecule has 0 radical (unpaired) electrons. The number of anilines is 1. The third-order valence-corrected chi connectivity index (χ3v) is 3.28. The summed E-state index contributed by atoms with van der Waals surface area (Å²) >= 11 is 0. The quantitative estimate of drug-likeness (QED) is 0.763. The molecule has 0 atom stereocenters. The molecule has 21 heavy (non-hydrogen) atoms. The van der Waals surface area contributed by atoms with Gasteiger partial charge < -0.3 is 14.8 Å². The molecule has 0 amide bonds. The number of hydrogen-bond acceptors (Lipinski definition) is 5. The van der Waals surface area contributed by atoms with Crippen molar-refractivity contribution in [2.75, 3.05) is 5.32 Å². The van der Waals surface area contributed by atoms with Crippen molar-refractivity contribution in [2.45, 2.75) is 13.5 Å². The van der Waals surface area contributed by atoms with E-state index < -0.39 is 5.97 Å². The van der Waals surface area contributed by atoms with Crippen LogP contribution < -0.4 is 5.32 Å². The number of furan rings is 1. The Labute approximate surface area is 120 Å². The topological polar surface area (TPSA) is 93.2 Å². The van der Waals surface area contributed by atoms with Gasteiger partial charge in [-0.3, -0.25) is 4.68 Å². The number of aryl methyl sites for hydroxylation is 2. The van der Waals surface area contributed by atoms with E-state index in [2.05, 4.69) is 15.4 Å². The number of hydrogen-bond donors (Lipinski definition) is 2. The number of fused-ring (bicyclic) bond motifs is 1. The largest absolute Gasteiger partial charge is 0.478 e. The number of rotatable bonds is 4. The maximum Gasteiger partial charge on any atom is 0.339 e. The zero-order valence-corrected chi connectivity index (χ0v) is 11.6. The highest BCUT2D eigenvalue weighted by atomic mass is 16.4. The normalized spacial score (nSPS) is 11.0. The van der Waals surface area contributed by atoms with Crippen molar-refractivity contribution < 1.29 is 14.3 Å². The van der Waals surface area contributed by atoms with Crippen LogP contribution in [0.2, 0.25) is 0 Å². The lowest BCUT2D eigenvalue weighted by atomic mass is 10.1. The third-order valence-electron chi connectivity index (χ3n) is 3.28. The highest BCUT2D eigenvalue weighted by molar-refractivity contribution is 6.04. The molecule has 0 bridgehead atoms. The Morgan fingerprint density at radius 3 is 3.00 bits per heavy atom. The summed E-state index contributed by atoms with van der Waals surface area (Å²) in [4.78, 5) is 15.6. The zero-order valence-electron chi connectivity index (χ0n) is 11.6. The van der Waals surface area contributed by atoms with Gasteiger partial charge in [0.2, 0.25) is 0 Å². The van der Waals surface area contributed by atoms with Gasteiger partial charge in [0, 0.05) is 13.2 Å². The van der Waals surface area contributed by atoms with Crippen LogP contribution in [0.15, 0.2) is 29.0 Å². The summed E-state index contributed by atoms with van der Waals surface area (Å²) in [6, 6.07) is 3.61. The number of pyridine rings is 1. The van der Waals surface area contributed by atoms with Crippen LogP contribution in [0, 0.1) is 6.92 Å². The van der Waals surface area contributed by atoms with E-state index in [1.165, 1.54) is 6.20 Å². The maximum absolute atomic E-state index is 11.4. The average molecular weight is 286 g/mol. The predicted octanol–water partition coefficient (Wildman–Crippen LogP) is 2.18. The van der Waals surface area contributed by atoms with Gasteiger partial charge in [0.15, 0.2) is 5.65 Å². The van der Waals surface area contributed by atoms with Crippen molar-refractivity contribution in [3.63, 3.8) is 0 Å². The van der Waals surface area contributed by atoms with Gasteiger partial charge >= 0.3 is 5.97 Å². The molecule has 0 saturated carbocycles. The molecule has 0 unspecified atom stereocenters. The van der Waals surface area contributed by atoms with E-state index in [-0.39, 0.29) is 5.56 Å². The van der Waals surface area contributed by atoms with Crippen LogP contribution in [-0.2, 0) is 13.6 Å². The molecule has 0 saturated heterocycles. The SMILES string of the molecule is Cc1nn(C)c2ncc(C(=O)O)c(NCc3ccco3)c12. The van der Waals surface area contributed by atoms with Gasteiger partial charge in [0.1, 0.15) is 11.3 Å². The van der Waals surface area contributed by atoms with Gasteiger partial charge in [0.25, 0.3) is 0 Å². The third kappa shape index (κ3) is 2.22. The van der Waals surface area contributed by atoms with Crippen molar-refractivity contribution in [1.29, 1.82) is 0 Å². The number of nitrogens with one attached hydrogen (secondary N) is 1. The van der Waals surface area contributed by atoms with Crippen LogP contribution in [0.5, 0.6) is 0 Å². The molecule has 0 spiro atoms. The molecule has 0 aliphatic carbocycles. The van der Waals surface area contributed by atoms with Crippen molar-refractivity contribution in [1.82, 2.24) is 14.8 Å². The lowest BCUT2D eigenvalue weighted by Crippen LogP contribution is -2.08. The summed E-state index contributed by atoms with van der Waals surface area (Å²) in [7, 11) is 1.78. The molecule has 7 heteroatoms. The molecule has 3 rings (SSSR count). The highest BCUT2D eigenvalue weighted by Gasteiger charge is 2.19. The number of carboxylic acid groups (broad SMARTS) is 1. The number of nitrogens with zero attached hydrogens (tertiary/aromatic N) is 3. The molecule has 7 nitrogen and oxygen atoms in total. The van der Waals surface area contributed by atoms with Gasteiger partial charge in [0.05, 0.1) is 29.6 Å². The molecule has 108 valence electrons. The van der Waals surface area contributed by atoms with Crippen LogP contribution in [-0.4, -0.2) is 25.8 Å². The smallest absolute Gasteiger partial charge is 0.339 e. The first-order chi connectivity index (χ1) is 10.1. The molecule has 3 aromatic heterocycles. The first kappa shape index (κ1) is 13.2. The van der Waals surface area contributed by atoms with Crippen LogP contribution in [0.25, 0.3) is 11.0 Å². The summed E-state index contributed by atoms with van der Waals surface area (Å²) in [6.07, 6.45) is 2.92. The first-order valence-electron chi connectivity index (χ1n) is 6.39. The number of carboxylic acids is 1. The van der Waals surface area contributed by atoms with Gasteiger partial charge in [-0.15, -0.1) is 0 Å². The molecular weight excluding hydrogens is 272 g/mol. The summed E-state index contributed by atoms with van der Waals surface area (Å²) in [6.45, 7) is 2.22. The van der Waals surface area contributed by atoms with Gasteiger partial charge in [-0.25, -0.2) is 9.78 Å². The van der Waals surface area contributed by atoms with Crippen molar-refractivity contribution >= 4 is 22.7 Å². The second-order valence-electron chi connectivity index (χ2n) is 4.69. The van der Waals surface area contributed by atoms with E-state index in [9.17, 15) is 9.90 Å². The minimum absolute atomic E-state index is 0.116. The Morgan fingerprint density at radius 2 is 2.33 bits per heavy atom. The fourth-order valence-electron chi connectivity index (χ4n) is 2.35. The molecule has 3 heterocycles. The molecule has 2 N–H and O–H groups in total. The van der Waals surface area contributed by atoms with E-state index in [0.717, 1.165) is 11.5 Å². The van der Waals surface area contributed by atoms with Crippen molar-refractivity contribution in [3.8, 4) is 0 Å². The van der Waals surface area contributed by atoms with E-state index in [0.29, 0.717) is 23.3 Å². The summed E-state index contributed by atoms with van der Waals surface area (Å²) in [5.41, 5.74) is 1.99. The van der Waals surface area contributed by atoms with Crippen LogP contribution in [0.4, 0.5) is 5.69 Å². The summed E-state index contributed by atoms with van der Waals surface area (Å²) < 4.78 is 6.89. The van der Waals surface area contributed by atoms with Crippen LogP contribution in [0.3, 0.4) is 0 Å². The Balaban J connectivity index is 2.12. The number of aromatic carboxylic acids is 1. The molecule has 0 aliphatic heterocycles. The fraction of sp³-hybridized carbons (Fsp3) is 0.214. The highest BCUT2D eigenvalue weighted by Crippen LogP contribution is 2.29. The van der Waals surface area contributed by atoms with E-state index in [1.54, 1.807) is 24.1 Å². The van der Waals surface area contributed by atoms with Gasteiger partial charge in [-0.05, 0) is 19.1 Å². The Bertz CT molecular complexity index is 805. The number of aromatic nitrogens is 3. The Hall–Kier alpha value is -2.83. The van der Waals surface area contributed by atoms with E-state index in [1.807, 2.05) is 13.0 Å². The van der Waals surface area contributed by atoms with Gasteiger partial charge in [-0.2, -0.15) is 5.10 Å².